The van der Waals surface area contributed by atoms with Gasteiger partial charge in [-0.3, -0.25) is 4.98 Å². The molecule has 2 aromatic rings. The highest BCUT2D eigenvalue weighted by molar-refractivity contribution is 5.78. The van der Waals surface area contributed by atoms with Crippen molar-refractivity contribution < 1.29 is 5.11 Å². The molecule has 2 heteroatoms. The second kappa shape index (κ2) is 5.53. The molecule has 0 aliphatic heterocycles. The van der Waals surface area contributed by atoms with Crippen molar-refractivity contribution in [1.29, 1.82) is 0 Å². The van der Waals surface area contributed by atoms with E-state index >= 15 is 0 Å². The lowest BCUT2D eigenvalue weighted by Crippen LogP contribution is -2.36. The van der Waals surface area contributed by atoms with Gasteiger partial charge in [-0.15, -0.1) is 0 Å². The molecule has 1 heterocycles. The average Bonchev–Trinajstić information content (AvgIpc) is 2.48. The van der Waals surface area contributed by atoms with Crippen LogP contribution >= 0.6 is 0 Å². The first-order valence-electron chi connectivity index (χ1n) is 7.70. The van der Waals surface area contributed by atoms with Crippen LogP contribution < -0.4 is 0 Å². The number of pyridine rings is 1. The third kappa shape index (κ3) is 2.71. The molecule has 106 valence electrons. The Morgan fingerprint density at radius 3 is 2.65 bits per heavy atom. The number of hydrogen-bond acceptors (Lipinski definition) is 2. The highest BCUT2D eigenvalue weighted by Crippen LogP contribution is 2.39. The summed E-state index contributed by atoms with van der Waals surface area (Å²) in [6.45, 7) is 2.23. The molecule has 1 aliphatic rings. The normalized spacial score (nSPS) is 19.9. The maximum atomic E-state index is 10.6. The Balaban J connectivity index is 1.78. The number of aliphatic hydroxyl groups is 1. The monoisotopic (exact) mass is 269 g/mol. The van der Waals surface area contributed by atoms with Gasteiger partial charge >= 0.3 is 0 Å². The third-order valence-corrected chi connectivity index (χ3v) is 4.86. The minimum absolute atomic E-state index is 0.0750. The Kier molecular flexibility index (Phi) is 3.75. The summed E-state index contributed by atoms with van der Waals surface area (Å²) in [5.41, 5.74) is 2.10. The standard InChI is InChI=1S/C18H23NO/c1-18(11-5-2-6-12-18)17(20)13-15-10-9-14-7-3-4-8-16(14)19-15/h3-4,7-10,17,20H,2,5-6,11-13H2,1H3. The lowest BCUT2D eigenvalue weighted by atomic mass is 9.70. The Morgan fingerprint density at radius 1 is 1.10 bits per heavy atom. The number of para-hydroxylation sites is 1. The van der Waals surface area contributed by atoms with Crippen LogP contribution in [0.3, 0.4) is 0 Å². The third-order valence-electron chi connectivity index (χ3n) is 4.86. The molecule has 1 unspecified atom stereocenters. The molecule has 1 atom stereocenters. The summed E-state index contributed by atoms with van der Waals surface area (Å²) in [6.07, 6.45) is 6.48. The van der Waals surface area contributed by atoms with Gasteiger partial charge in [0.15, 0.2) is 0 Å². The molecule has 1 saturated carbocycles. The molecule has 1 aromatic carbocycles. The number of benzene rings is 1. The van der Waals surface area contributed by atoms with Crippen molar-refractivity contribution in [2.45, 2.75) is 51.6 Å². The van der Waals surface area contributed by atoms with Crippen LogP contribution in [-0.4, -0.2) is 16.2 Å². The van der Waals surface area contributed by atoms with Crippen molar-refractivity contribution >= 4 is 10.9 Å². The first-order chi connectivity index (χ1) is 9.67. The molecule has 20 heavy (non-hydrogen) atoms. The molecule has 3 rings (SSSR count). The molecular weight excluding hydrogens is 246 g/mol. The molecule has 0 amide bonds. The first-order valence-corrected chi connectivity index (χ1v) is 7.70. The zero-order valence-electron chi connectivity index (χ0n) is 12.2. The molecule has 0 spiro atoms. The molecule has 1 aromatic heterocycles. The lowest BCUT2D eigenvalue weighted by molar-refractivity contribution is 0.00983. The van der Waals surface area contributed by atoms with Gasteiger partial charge in [-0.05, 0) is 30.4 Å². The van der Waals surface area contributed by atoms with Crippen molar-refractivity contribution in [1.82, 2.24) is 4.98 Å². The van der Waals surface area contributed by atoms with E-state index in [1.165, 1.54) is 19.3 Å². The van der Waals surface area contributed by atoms with Crippen LogP contribution in [0, 0.1) is 5.41 Å². The molecular formula is C18H23NO. The highest BCUT2D eigenvalue weighted by atomic mass is 16.3. The van der Waals surface area contributed by atoms with Crippen molar-refractivity contribution in [3.8, 4) is 0 Å². The van der Waals surface area contributed by atoms with Crippen LogP contribution in [0.4, 0.5) is 0 Å². The van der Waals surface area contributed by atoms with Crippen LogP contribution in [-0.2, 0) is 6.42 Å². The fraction of sp³-hybridized carbons (Fsp3) is 0.500. The maximum absolute atomic E-state index is 10.6. The second-order valence-corrected chi connectivity index (χ2v) is 6.43. The quantitative estimate of drug-likeness (QED) is 0.909. The van der Waals surface area contributed by atoms with Gasteiger partial charge in [-0.25, -0.2) is 0 Å². The van der Waals surface area contributed by atoms with E-state index in [2.05, 4.69) is 30.1 Å². The molecule has 0 saturated heterocycles. The Hall–Kier alpha value is -1.41. The van der Waals surface area contributed by atoms with E-state index in [0.717, 1.165) is 29.4 Å². The molecule has 1 aliphatic carbocycles. The average molecular weight is 269 g/mol. The summed E-state index contributed by atoms with van der Waals surface area (Å²) >= 11 is 0. The number of aliphatic hydroxyl groups excluding tert-OH is 1. The predicted molar refractivity (Wildman–Crippen MR) is 82.6 cm³/mol. The van der Waals surface area contributed by atoms with Crippen LogP contribution in [0.15, 0.2) is 36.4 Å². The van der Waals surface area contributed by atoms with Crippen molar-refractivity contribution in [2.75, 3.05) is 0 Å². The van der Waals surface area contributed by atoms with E-state index in [1.807, 2.05) is 18.2 Å². The van der Waals surface area contributed by atoms with Crippen LogP contribution in [0.25, 0.3) is 10.9 Å². The summed E-state index contributed by atoms with van der Waals surface area (Å²) in [7, 11) is 0. The van der Waals surface area contributed by atoms with E-state index in [9.17, 15) is 5.11 Å². The van der Waals surface area contributed by atoms with Crippen LogP contribution in [0.1, 0.15) is 44.7 Å². The van der Waals surface area contributed by atoms with Gasteiger partial charge in [0.05, 0.1) is 11.6 Å². The SMILES string of the molecule is CC1(C(O)Cc2ccc3ccccc3n2)CCCCC1. The Morgan fingerprint density at radius 2 is 1.85 bits per heavy atom. The summed E-state index contributed by atoms with van der Waals surface area (Å²) in [6, 6.07) is 12.3. The number of hydrogen-bond donors (Lipinski definition) is 1. The topological polar surface area (TPSA) is 33.1 Å². The molecule has 1 fully saturated rings. The van der Waals surface area contributed by atoms with Crippen molar-refractivity contribution in [2.24, 2.45) is 5.41 Å². The largest absolute Gasteiger partial charge is 0.392 e. The highest BCUT2D eigenvalue weighted by Gasteiger charge is 2.34. The van der Waals surface area contributed by atoms with Gasteiger partial charge in [0.25, 0.3) is 0 Å². The van der Waals surface area contributed by atoms with E-state index in [0.29, 0.717) is 6.42 Å². The van der Waals surface area contributed by atoms with Crippen LogP contribution in [0.2, 0.25) is 0 Å². The van der Waals surface area contributed by atoms with E-state index in [-0.39, 0.29) is 11.5 Å². The molecule has 1 N–H and O–H groups in total. The zero-order valence-corrected chi connectivity index (χ0v) is 12.2. The van der Waals surface area contributed by atoms with Gasteiger partial charge in [-0.2, -0.15) is 0 Å². The van der Waals surface area contributed by atoms with Gasteiger partial charge in [-0.1, -0.05) is 50.5 Å². The predicted octanol–water partition coefficient (Wildman–Crippen LogP) is 4.11. The van der Waals surface area contributed by atoms with Gasteiger partial charge in [0.2, 0.25) is 0 Å². The molecule has 2 nitrogen and oxygen atoms in total. The minimum Gasteiger partial charge on any atom is -0.392 e. The second-order valence-electron chi connectivity index (χ2n) is 6.43. The summed E-state index contributed by atoms with van der Waals surface area (Å²) in [5.74, 6) is 0. The summed E-state index contributed by atoms with van der Waals surface area (Å²) < 4.78 is 0. The van der Waals surface area contributed by atoms with Crippen LogP contribution in [0.5, 0.6) is 0 Å². The van der Waals surface area contributed by atoms with E-state index < -0.39 is 0 Å². The van der Waals surface area contributed by atoms with Gasteiger partial charge in [0.1, 0.15) is 0 Å². The fourth-order valence-electron chi connectivity index (χ4n) is 3.36. The van der Waals surface area contributed by atoms with Gasteiger partial charge in [0, 0.05) is 17.5 Å². The minimum atomic E-state index is -0.281. The molecule has 0 radical (unpaired) electrons. The number of nitrogens with zero attached hydrogens (tertiary/aromatic N) is 1. The number of rotatable bonds is 3. The Labute approximate surface area is 120 Å². The van der Waals surface area contributed by atoms with Crippen molar-refractivity contribution in [3.63, 3.8) is 0 Å². The molecule has 0 bridgehead atoms. The smallest absolute Gasteiger partial charge is 0.0705 e. The lowest BCUT2D eigenvalue weighted by Gasteiger charge is -2.37. The summed E-state index contributed by atoms with van der Waals surface area (Å²) in [5, 5.41) is 11.8. The van der Waals surface area contributed by atoms with Crippen molar-refractivity contribution in [3.05, 3.63) is 42.1 Å². The maximum Gasteiger partial charge on any atom is 0.0705 e. The zero-order chi connectivity index (χ0) is 14.0. The number of aromatic nitrogens is 1. The fourth-order valence-corrected chi connectivity index (χ4v) is 3.36. The van der Waals surface area contributed by atoms with Gasteiger partial charge < -0.3 is 5.11 Å². The van der Waals surface area contributed by atoms with E-state index in [4.69, 9.17) is 0 Å². The summed E-state index contributed by atoms with van der Waals surface area (Å²) in [4.78, 5) is 4.68. The first kappa shape index (κ1) is 13.6. The Bertz CT molecular complexity index is 587. The van der Waals surface area contributed by atoms with E-state index in [1.54, 1.807) is 0 Å². The number of fused-ring (bicyclic) bond motifs is 1.